The highest BCUT2D eigenvalue weighted by atomic mass is 16.5. The van der Waals surface area contributed by atoms with Gasteiger partial charge in [0.1, 0.15) is 12.4 Å². The van der Waals surface area contributed by atoms with Crippen LogP contribution in [0.5, 0.6) is 5.75 Å². The predicted octanol–water partition coefficient (Wildman–Crippen LogP) is 5.76. The van der Waals surface area contributed by atoms with Crippen molar-refractivity contribution in [2.45, 2.75) is 51.9 Å². The summed E-state index contributed by atoms with van der Waals surface area (Å²) in [6.07, 6.45) is 6.22. The number of likely N-dealkylation sites (tertiary alicyclic amines) is 1. The molecule has 2 aromatic carbocycles. The first-order chi connectivity index (χ1) is 18.9. The lowest BCUT2D eigenvalue weighted by Gasteiger charge is -2.29. The van der Waals surface area contributed by atoms with Crippen molar-refractivity contribution in [1.29, 1.82) is 0 Å². The van der Waals surface area contributed by atoms with E-state index < -0.39 is 11.4 Å². The van der Waals surface area contributed by atoms with Crippen LogP contribution in [0.15, 0.2) is 54.7 Å². The molecule has 5 rings (SSSR count). The number of esters is 1. The highest BCUT2D eigenvalue weighted by Gasteiger charge is 2.37. The maximum atomic E-state index is 13.8. The van der Waals surface area contributed by atoms with Gasteiger partial charge in [0.15, 0.2) is 0 Å². The molecule has 0 atom stereocenters. The molecule has 1 N–H and O–H groups in total. The lowest BCUT2D eigenvalue weighted by atomic mass is 9.81. The normalized spacial score (nSPS) is 17.3. The molecule has 1 amide bonds. The minimum absolute atomic E-state index is 0.168. The van der Waals surface area contributed by atoms with Crippen molar-refractivity contribution < 1.29 is 19.1 Å². The molecule has 39 heavy (non-hydrogen) atoms. The van der Waals surface area contributed by atoms with Crippen LogP contribution in [0.4, 0.5) is 0 Å². The number of rotatable bonds is 8. The number of hydrogen-bond donors (Lipinski definition) is 1. The van der Waals surface area contributed by atoms with Gasteiger partial charge in [-0.2, -0.15) is 0 Å². The van der Waals surface area contributed by atoms with E-state index in [-0.39, 0.29) is 5.91 Å². The summed E-state index contributed by atoms with van der Waals surface area (Å²) >= 11 is 0. The largest absolute Gasteiger partial charge is 0.492 e. The molecule has 3 heterocycles. The summed E-state index contributed by atoms with van der Waals surface area (Å²) in [6.45, 7) is 10.8. The highest BCUT2D eigenvalue weighted by Crippen LogP contribution is 2.40. The number of piperidine rings is 1. The zero-order chi connectivity index (χ0) is 27.4. The molecule has 0 spiro atoms. The van der Waals surface area contributed by atoms with E-state index in [1.54, 1.807) is 23.2 Å². The molecule has 1 fully saturated rings. The van der Waals surface area contributed by atoms with E-state index in [2.05, 4.69) is 29.8 Å². The summed E-state index contributed by atoms with van der Waals surface area (Å²) in [4.78, 5) is 34.6. The number of hydrogen-bond acceptors (Lipinski definition) is 5. The van der Waals surface area contributed by atoms with Crippen molar-refractivity contribution in [2.75, 3.05) is 39.4 Å². The Morgan fingerprint density at radius 1 is 0.974 bits per heavy atom. The van der Waals surface area contributed by atoms with Crippen LogP contribution in [0.25, 0.3) is 16.5 Å². The standard InChI is InChI=1S/C32H39N3O4/c1-4-19-39-31(37)26-21-35(22-32(2,3)28-25-10-6-7-11-27(25)33-29(26)28)30(36)23-12-14-24(15-13-23)38-20-18-34-16-8-5-9-17-34/h6-7,10-15,21,33H,4-5,8-9,16-20,22H2,1-3H3. The topological polar surface area (TPSA) is 74.9 Å². The lowest BCUT2D eigenvalue weighted by Crippen LogP contribution is -2.37. The van der Waals surface area contributed by atoms with E-state index in [4.69, 9.17) is 9.47 Å². The smallest absolute Gasteiger partial charge is 0.341 e. The summed E-state index contributed by atoms with van der Waals surface area (Å²) in [6, 6.07) is 15.3. The summed E-state index contributed by atoms with van der Waals surface area (Å²) in [5.74, 6) is 0.149. The Hall–Kier alpha value is -3.58. The van der Waals surface area contributed by atoms with Gasteiger partial charge in [0.2, 0.25) is 0 Å². The van der Waals surface area contributed by atoms with Crippen LogP contribution in [0.2, 0.25) is 0 Å². The van der Waals surface area contributed by atoms with Crippen molar-refractivity contribution in [3.63, 3.8) is 0 Å². The van der Waals surface area contributed by atoms with Gasteiger partial charge in [-0.05, 0) is 68.2 Å². The third-order valence-electron chi connectivity index (χ3n) is 7.65. The molecule has 0 radical (unpaired) electrons. The van der Waals surface area contributed by atoms with Crippen LogP contribution < -0.4 is 4.74 Å². The molecular formula is C32H39N3O4. The Bertz CT molecular complexity index is 1350. The molecule has 0 saturated carbocycles. The quantitative estimate of drug-likeness (QED) is 0.376. The third kappa shape index (κ3) is 5.88. The maximum Gasteiger partial charge on any atom is 0.341 e. The lowest BCUT2D eigenvalue weighted by molar-refractivity contribution is -0.136. The first-order valence-electron chi connectivity index (χ1n) is 14.1. The number of fused-ring (bicyclic) bond motifs is 3. The van der Waals surface area contributed by atoms with E-state index >= 15 is 0 Å². The van der Waals surface area contributed by atoms with Gasteiger partial charge in [-0.15, -0.1) is 0 Å². The molecule has 7 nitrogen and oxygen atoms in total. The maximum absolute atomic E-state index is 13.8. The number of aromatic amines is 1. The number of carbonyl (C=O) groups is 2. The monoisotopic (exact) mass is 529 g/mol. The van der Waals surface area contributed by atoms with E-state index in [9.17, 15) is 9.59 Å². The summed E-state index contributed by atoms with van der Waals surface area (Å²) in [5.41, 5.74) is 3.18. The Labute approximate surface area is 230 Å². The Morgan fingerprint density at radius 3 is 2.46 bits per heavy atom. The average Bonchev–Trinajstić information content (AvgIpc) is 3.29. The van der Waals surface area contributed by atoms with Crippen molar-refractivity contribution in [1.82, 2.24) is 14.8 Å². The van der Waals surface area contributed by atoms with E-state index in [0.29, 0.717) is 30.9 Å². The van der Waals surface area contributed by atoms with Crippen molar-refractivity contribution in [3.8, 4) is 5.75 Å². The fourth-order valence-corrected chi connectivity index (χ4v) is 5.71. The van der Waals surface area contributed by atoms with E-state index in [1.165, 1.54) is 19.3 Å². The SMILES string of the molecule is CCCOC(=O)C1=CN(C(=O)c2ccc(OCCN3CCCCC3)cc2)CC(C)(C)c2c1[nH]c1ccccc21. The minimum Gasteiger partial charge on any atom is -0.492 e. The number of ether oxygens (including phenoxy) is 2. The Morgan fingerprint density at radius 2 is 1.72 bits per heavy atom. The molecule has 2 aliphatic rings. The van der Waals surface area contributed by atoms with Gasteiger partial charge >= 0.3 is 5.97 Å². The molecule has 7 heteroatoms. The molecule has 1 aromatic heterocycles. The molecule has 0 unspecified atom stereocenters. The number of nitrogens with one attached hydrogen (secondary N) is 1. The van der Waals surface area contributed by atoms with Gasteiger partial charge in [-0.25, -0.2) is 4.79 Å². The molecule has 0 aliphatic carbocycles. The minimum atomic E-state index is -0.433. The van der Waals surface area contributed by atoms with Crippen molar-refractivity contribution in [2.24, 2.45) is 0 Å². The van der Waals surface area contributed by atoms with Crippen LogP contribution in [0.1, 0.15) is 68.1 Å². The van der Waals surface area contributed by atoms with Gasteiger partial charge in [0.25, 0.3) is 5.91 Å². The Kier molecular flexibility index (Phi) is 8.07. The number of nitrogens with zero attached hydrogens (tertiary/aromatic N) is 2. The van der Waals surface area contributed by atoms with Crippen LogP contribution >= 0.6 is 0 Å². The van der Waals surface area contributed by atoms with Crippen LogP contribution in [-0.4, -0.2) is 66.1 Å². The van der Waals surface area contributed by atoms with Crippen LogP contribution in [0, 0.1) is 0 Å². The highest BCUT2D eigenvalue weighted by molar-refractivity contribution is 6.18. The predicted molar refractivity (Wildman–Crippen MR) is 154 cm³/mol. The van der Waals surface area contributed by atoms with Gasteiger partial charge in [-0.1, -0.05) is 45.4 Å². The van der Waals surface area contributed by atoms with Crippen LogP contribution in [0.3, 0.4) is 0 Å². The zero-order valence-corrected chi connectivity index (χ0v) is 23.3. The number of para-hydroxylation sites is 1. The van der Waals surface area contributed by atoms with Gasteiger partial charge in [0.05, 0.1) is 17.9 Å². The second-order valence-corrected chi connectivity index (χ2v) is 11.2. The Balaban J connectivity index is 1.38. The average molecular weight is 530 g/mol. The second-order valence-electron chi connectivity index (χ2n) is 11.2. The van der Waals surface area contributed by atoms with Crippen LogP contribution in [-0.2, 0) is 14.9 Å². The summed E-state index contributed by atoms with van der Waals surface area (Å²) < 4.78 is 11.5. The molecule has 3 aromatic rings. The van der Waals surface area contributed by atoms with Gasteiger partial charge in [0, 0.05) is 41.2 Å². The molecule has 2 aliphatic heterocycles. The first kappa shape index (κ1) is 27.0. The molecule has 1 saturated heterocycles. The summed E-state index contributed by atoms with van der Waals surface area (Å²) in [5, 5.41) is 1.05. The van der Waals surface area contributed by atoms with Crippen molar-refractivity contribution >= 4 is 28.4 Å². The molecule has 0 bridgehead atoms. The first-order valence-corrected chi connectivity index (χ1v) is 14.1. The number of H-pyrrole nitrogens is 1. The van der Waals surface area contributed by atoms with Crippen molar-refractivity contribution in [3.05, 3.63) is 71.6 Å². The second kappa shape index (κ2) is 11.7. The summed E-state index contributed by atoms with van der Waals surface area (Å²) in [7, 11) is 0. The fraction of sp³-hybridized carbons (Fsp3) is 0.438. The number of benzene rings is 2. The number of carbonyl (C=O) groups excluding carboxylic acids is 2. The number of amides is 1. The molecule has 206 valence electrons. The van der Waals surface area contributed by atoms with E-state index in [0.717, 1.165) is 54.0 Å². The fourth-order valence-electron chi connectivity index (χ4n) is 5.71. The number of aromatic nitrogens is 1. The zero-order valence-electron chi connectivity index (χ0n) is 23.3. The van der Waals surface area contributed by atoms with Gasteiger partial charge in [-0.3, -0.25) is 9.69 Å². The molecular weight excluding hydrogens is 490 g/mol. The van der Waals surface area contributed by atoms with E-state index in [1.807, 2.05) is 37.3 Å². The third-order valence-corrected chi connectivity index (χ3v) is 7.65. The van der Waals surface area contributed by atoms with Gasteiger partial charge < -0.3 is 19.4 Å².